The van der Waals surface area contributed by atoms with Crippen molar-refractivity contribution in [3.8, 4) is 0 Å². The Hall–Kier alpha value is -2.25. The molecule has 4 aromatic carbocycles. The summed E-state index contributed by atoms with van der Waals surface area (Å²) in [5.74, 6) is 0. The first-order chi connectivity index (χ1) is 11.7. The van der Waals surface area contributed by atoms with Gasteiger partial charge in [-0.05, 0) is 54.3 Å². The van der Waals surface area contributed by atoms with E-state index < -0.39 is 0 Å². The molecule has 1 aliphatic heterocycles. The van der Waals surface area contributed by atoms with E-state index in [2.05, 4.69) is 92.7 Å². The van der Waals surface area contributed by atoms with E-state index in [4.69, 9.17) is 0 Å². The van der Waals surface area contributed by atoms with Crippen molar-refractivity contribution in [2.75, 3.05) is 0 Å². The Labute approximate surface area is 145 Å². The summed E-state index contributed by atoms with van der Waals surface area (Å²) >= 11 is 0. The van der Waals surface area contributed by atoms with Crippen molar-refractivity contribution < 1.29 is 0 Å². The molecule has 0 bridgehead atoms. The molecule has 1 atom stereocenters. The largest absolute Gasteiger partial charge is 0.169 e. The van der Waals surface area contributed by atoms with E-state index in [9.17, 15) is 0 Å². The molecule has 1 aliphatic rings. The lowest BCUT2D eigenvalue weighted by molar-refractivity contribution is 0.793. The lowest BCUT2D eigenvalue weighted by Crippen LogP contribution is -2.25. The maximum Gasteiger partial charge on any atom is 0.169 e. The zero-order valence-corrected chi connectivity index (χ0v) is 14.7. The third-order valence-electron chi connectivity index (χ3n) is 5.16. The molecule has 116 valence electrons. The van der Waals surface area contributed by atoms with Crippen LogP contribution in [0.3, 0.4) is 0 Å². The molecule has 5 rings (SSSR count). The van der Waals surface area contributed by atoms with E-state index in [0.717, 1.165) is 0 Å². The lowest BCUT2D eigenvalue weighted by atomic mass is 9.90. The van der Waals surface area contributed by atoms with Crippen molar-refractivity contribution >= 4 is 32.4 Å². The minimum atomic E-state index is 0.0595. The van der Waals surface area contributed by atoms with Gasteiger partial charge in [0.05, 0.1) is 10.9 Å². The molecule has 0 aliphatic carbocycles. The van der Waals surface area contributed by atoms with Crippen LogP contribution in [0.4, 0.5) is 0 Å². The summed E-state index contributed by atoms with van der Waals surface area (Å²) in [6, 6.07) is 29.0. The van der Waals surface area contributed by atoms with Crippen LogP contribution >= 0.6 is 0 Å². The van der Waals surface area contributed by atoms with E-state index in [1.807, 2.05) is 0 Å². The fourth-order valence-electron chi connectivity index (χ4n) is 4.24. The molecule has 0 aromatic heterocycles. The number of benzene rings is 4. The van der Waals surface area contributed by atoms with Gasteiger partial charge in [-0.25, -0.2) is 0 Å². The van der Waals surface area contributed by atoms with Gasteiger partial charge in [-0.15, -0.1) is 0 Å². The summed E-state index contributed by atoms with van der Waals surface area (Å²) in [7, 11) is 0.0595. The van der Waals surface area contributed by atoms with Crippen LogP contribution in [0.15, 0.2) is 88.7 Å². The molecule has 0 saturated heterocycles. The SMILES string of the molecule is CC1(C)c2c3ccccc3cc3cccc(c23)[S+]1c1ccccc1. The molecule has 0 saturated carbocycles. The number of hydrogen-bond acceptors (Lipinski definition) is 0. The minimum Gasteiger partial charge on any atom is -0.0619 e. The van der Waals surface area contributed by atoms with E-state index in [1.54, 1.807) is 0 Å². The van der Waals surface area contributed by atoms with Crippen LogP contribution < -0.4 is 0 Å². The van der Waals surface area contributed by atoms with Crippen molar-refractivity contribution in [3.63, 3.8) is 0 Å². The molecule has 0 fully saturated rings. The second-order valence-corrected chi connectivity index (χ2v) is 9.50. The maximum absolute atomic E-state index is 2.42. The van der Waals surface area contributed by atoms with Gasteiger partial charge in [0, 0.05) is 10.9 Å². The average molecular weight is 327 g/mol. The standard InChI is InChI=1S/C23H19S/c1-23(2)22-19-13-7-6-9-16(19)15-17-10-8-14-20(21(17)22)24(23)18-11-4-3-5-12-18/h3-15H,1-2H3/q+1. The Morgan fingerprint density at radius 2 is 1.42 bits per heavy atom. The lowest BCUT2D eigenvalue weighted by Gasteiger charge is -2.21. The monoisotopic (exact) mass is 327 g/mol. The molecule has 4 aromatic rings. The number of rotatable bonds is 1. The Balaban J connectivity index is 1.95. The third kappa shape index (κ3) is 1.76. The predicted octanol–water partition coefficient (Wildman–Crippen LogP) is 6.28. The van der Waals surface area contributed by atoms with E-state index in [1.165, 1.54) is 36.9 Å². The smallest absolute Gasteiger partial charge is 0.0619 e. The highest BCUT2D eigenvalue weighted by Gasteiger charge is 2.52. The van der Waals surface area contributed by atoms with E-state index in [0.29, 0.717) is 0 Å². The molecule has 0 nitrogen and oxygen atoms in total. The zero-order valence-electron chi connectivity index (χ0n) is 13.9. The van der Waals surface area contributed by atoms with Crippen LogP contribution in [0.5, 0.6) is 0 Å². The Morgan fingerprint density at radius 1 is 0.708 bits per heavy atom. The molecule has 24 heavy (non-hydrogen) atoms. The van der Waals surface area contributed by atoms with Crippen LogP contribution in [0.2, 0.25) is 0 Å². The van der Waals surface area contributed by atoms with Gasteiger partial charge in [-0.2, -0.15) is 0 Å². The molecule has 0 N–H and O–H groups in total. The van der Waals surface area contributed by atoms with Crippen LogP contribution in [0.25, 0.3) is 21.5 Å². The van der Waals surface area contributed by atoms with Crippen molar-refractivity contribution in [3.05, 3.63) is 84.4 Å². The number of fused-ring (bicyclic) bond motifs is 2. The van der Waals surface area contributed by atoms with Gasteiger partial charge in [0.15, 0.2) is 14.5 Å². The first kappa shape index (κ1) is 14.1. The van der Waals surface area contributed by atoms with Gasteiger partial charge in [-0.1, -0.05) is 54.6 Å². The first-order valence-corrected chi connectivity index (χ1v) is 9.65. The maximum atomic E-state index is 2.42. The molecule has 0 amide bonds. The first-order valence-electron chi connectivity index (χ1n) is 8.42. The van der Waals surface area contributed by atoms with Crippen molar-refractivity contribution in [1.82, 2.24) is 0 Å². The Bertz CT molecular complexity index is 1080. The average Bonchev–Trinajstić information content (AvgIpc) is 2.85. The number of hydrogen-bond donors (Lipinski definition) is 0. The van der Waals surface area contributed by atoms with Gasteiger partial charge >= 0.3 is 0 Å². The predicted molar refractivity (Wildman–Crippen MR) is 105 cm³/mol. The summed E-state index contributed by atoms with van der Waals surface area (Å²) in [6.45, 7) is 4.84. The summed E-state index contributed by atoms with van der Waals surface area (Å²) < 4.78 is 0.101. The molecule has 1 heteroatoms. The zero-order chi connectivity index (χ0) is 16.3. The van der Waals surface area contributed by atoms with Crippen LogP contribution in [-0.2, 0) is 15.6 Å². The van der Waals surface area contributed by atoms with Gasteiger partial charge in [0.1, 0.15) is 0 Å². The van der Waals surface area contributed by atoms with Crippen LogP contribution in [-0.4, -0.2) is 0 Å². The van der Waals surface area contributed by atoms with Crippen LogP contribution in [0, 0.1) is 0 Å². The van der Waals surface area contributed by atoms with Gasteiger partial charge in [0.2, 0.25) is 0 Å². The minimum absolute atomic E-state index is 0.0595. The van der Waals surface area contributed by atoms with Gasteiger partial charge < -0.3 is 0 Å². The normalized spacial score (nSPS) is 18.3. The highest BCUT2D eigenvalue weighted by atomic mass is 32.2. The van der Waals surface area contributed by atoms with Gasteiger partial charge in [0.25, 0.3) is 0 Å². The fraction of sp³-hybridized carbons (Fsp3) is 0.130. The molecule has 0 spiro atoms. The summed E-state index contributed by atoms with van der Waals surface area (Å²) in [5.41, 5.74) is 1.53. The topological polar surface area (TPSA) is 0 Å². The molecule has 1 unspecified atom stereocenters. The Kier molecular flexibility index (Phi) is 2.87. The van der Waals surface area contributed by atoms with Crippen LogP contribution in [0.1, 0.15) is 19.4 Å². The van der Waals surface area contributed by atoms with Crippen molar-refractivity contribution in [2.45, 2.75) is 28.4 Å². The van der Waals surface area contributed by atoms with Gasteiger partial charge in [-0.3, -0.25) is 0 Å². The molecular weight excluding hydrogens is 308 g/mol. The highest BCUT2D eigenvalue weighted by Crippen LogP contribution is 2.54. The fourth-order valence-corrected chi connectivity index (χ4v) is 7.12. The van der Waals surface area contributed by atoms with E-state index in [-0.39, 0.29) is 15.6 Å². The molecular formula is C23H19S+. The summed E-state index contributed by atoms with van der Waals surface area (Å²) in [4.78, 5) is 2.94. The quantitative estimate of drug-likeness (QED) is 0.285. The van der Waals surface area contributed by atoms with E-state index >= 15 is 0 Å². The second kappa shape index (κ2) is 4.87. The molecule has 1 heterocycles. The highest BCUT2D eigenvalue weighted by molar-refractivity contribution is 7.98. The van der Waals surface area contributed by atoms with Crippen molar-refractivity contribution in [2.24, 2.45) is 0 Å². The summed E-state index contributed by atoms with van der Waals surface area (Å²) in [6.07, 6.45) is 0. The molecule has 0 radical (unpaired) electrons. The second-order valence-electron chi connectivity index (χ2n) is 6.96. The third-order valence-corrected chi connectivity index (χ3v) is 7.91. The Morgan fingerprint density at radius 3 is 2.25 bits per heavy atom. The van der Waals surface area contributed by atoms with Crippen molar-refractivity contribution in [1.29, 1.82) is 0 Å². The summed E-state index contributed by atoms with van der Waals surface area (Å²) in [5, 5.41) is 5.62.